The van der Waals surface area contributed by atoms with Crippen molar-refractivity contribution < 1.29 is 5.11 Å². The zero-order valence-electron chi connectivity index (χ0n) is 10.1. The molecule has 1 aromatic rings. The fourth-order valence-electron chi connectivity index (χ4n) is 2.73. The first-order valence-electron chi connectivity index (χ1n) is 6.17. The lowest BCUT2D eigenvalue weighted by Crippen LogP contribution is -2.52. The fourth-order valence-corrected chi connectivity index (χ4v) is 2.73. The molecule has 0 amide bonds. The van der Waals surface area contributed by atoms with Crippen molar-refractivity contribution in [2.45, 2.75) is 31.9 Å². The first-order valence-corrected chi connectivity index (χ1v) is 6.17. The van der Waals surface area contributed by atoms with Gasteiger partial charge in [-0.1, -0.05) is 43.7 Å². The molecule has 2 rings (SSSR count). The quantitative estimate of drug-likeness (QED) is 0.841. The molecule has 3 atom stereocenters. The number of benzene rings is 1. The van der Waals surface area contributed by atoms with Crippen LogP contribution in [0.3, 0.4) is 0 Å². The van der Waals surface area contributed by atoms with Crippen LogP contribution in [0, 0.1) is 5.92 Å². The molecule has 16 heavy (non-hydrogen) atoms. The third-order valence-electron chi connectivity index (χ3n) is 3.60. The van der Waals surface area contributed by atoms with Gasteiger partial charge in [-0.05, 0) is 19.0 Å². The highest BCUT2D eigenvalue weighted by molar-refractivity contribution is 5.22. The molecule has 0 unspecified atom stereocenters. The Morgan fingerprint density at radius 1 is 1.38 bits per heavy atom. The summed E-state index contributed by atoms with van der Waals surface area (Å²) < 4.78 is 0. The second-order valence-electron chi connectivity index (χ2n) is 4.81. The summed E-state index contributed by atoms with van der Waals surface area (Å²) in [6, 6.07) is 10.9. The first-order chi connectivity index (χ1) is 7.74. The first kappa shape index (κ1) is 11.6. The third kappa shape index (κ3) is 2.13. The van der Waals surface area contributed by atoms with Crippen LogP contribution in [0.15, 0.2) is 30.3 Å². The minimum atomic E-state index is -0.147. The normalized spacial score (nSPS) is 27.4. The molecule has 2 heteroatoms. The molecule has 0 aromatic heterocycles. The zero-order chi connectivity index (χ0) is 11.5. The van der Waals surface area contributed by atoms with Crippen molar-refractivity contribution in [3.63, 3.8) is 0 Å². The molecule has 1 fully saturated rings. The van der Waals surface area contributed by atoms with E-state index in [1.807, 2.05) is 6.07 Å². The fraction of sp³-hybridized carbons (Fsp3) is 0.571. The van der Waals surface area contributed by atoms with Gasteiger partial charge in [0.15, 0.2) is 0 Å². The Kier molecular flexibility index (Phi) is 3.62. The van der Waals surface area contributed by atoms with Crippen molar-refractivity contribution in [2.75, 3.05) is 13.6 Å². The van der Waals surface area contributed by atoms with Crippen LogP contribution in [-0.4, -0.2) is 29.7 Å². The molecule has 1 aromatic carbocycles. The number of aliphatic hydroxyl groups is 1. The summed E-state index contributed by atoms with van der Waals surface area (Å²) in [5, 5.41) is 10.1. The van der Waals surface area contributed by atoms with Crippen LogP contribution in [0.1, 0.15) is 31.4 Å². The molecule has 0 radical (unpaired) electrons. The van der Waals surface area contributed by atoms with E-state index in [4.69, 9.17) is 0 Å². The number of nitrogens with zero attached hydrogens (tertiary/aromatic N) is 1. The van der Waals surface area contributed by atoms with Gasteiger partial charge in [0.1, 0.15) is 0 Å². The Hall–Kier alpha value is -0.860. The van der Waals surface area contributed by atoms with Crippen LogP contribution in [0.25, 0.3) is 0 Å². The van der Waals surface area contributed by atoms with Crippen LogP contribution < -0.4 is 0 Å². The van der Waals surface area contributed by atoms with Crippen molar-refractivity contribution in [3.05, 3.63) is 35.9 Å². The van der Waals surface area contributed by atoms with E-state index in [9.17, 15) is 5.11 Å². The predicted molar refractivity (Wildman–Crippen MR) is 66.2 cm³/mol. The maximum absolute atomic E-state index is 10.1. The average molecular weight is 219 g/mol. The van der Waals surface area contributed by atoms with E-state index < -0.39 is 0 Å². The SMILES string of the molecule is CCC[C@H](O)[C@@H]1CN(C)[C@H]1c1ccccc1. The maximum atomic E-state index is 10.1. The van der Waals surface area contributed by atoms with Crippen LogP contribution in [0.5, 0.6) is 0 Å². The van der Waals surface area contributed by atoms with E-state index in [1.54, 1.807) is 0 Å². The second-order valence-corrected chi connectivity index (χ2v) is 4.81. The predicted octanol–water partition coefficient (Wildman–Crippen LogP) is 2.45. The van der Waals surface area contributed by atoms with Gasteiger partial charge in [0.25, 0.3) is 0 Å². The lowest BCUT2D eigenvalue weighted by Gasteiger charge is -2.48. The molecular formula is C14H21NO. The Labute approximate surface area is 97.9 Å². The summed E-state index contributed by atoms with van der Waals surface area (Å²) >= 11 is 0. The van der Waals surface area contributed by atoms with Gasteiger partial charge in [-0.2, -0.15) is 0 Å². The molecule has 0 bridgehead atoms. The highest BCUT2D eigenvalue weighted by Gasteiger charge is 2.40. The van der Waals surface area contributed by atoms with Gasteiger partial charge in [-0.25, -0.2) is 0 Å². The van der Waals surface area contributed by atoms with Crippen molar-refractivity contribution in [3.8, 4) is 0 Å². The molecule has 0 spiro atoms. The minimum absolute atomic E-state index is 0.147. The molecule has 1 aliphatic heterocycles. The largest absolute Gasteiger partial charge is 0.393 e. The molecule has 2 nitrogen and oxygen atoms in total. The van der Waals surface area contributed by atoms with E-state index >= 15 is 0 Å². The van der Waals surface area contributed by atoms with Gasteiger partial charge < -0.3 is 5.11 Å². The van der Waals surface area contributed by atoms with Crippen molar-refractivity contribution in [2.24, 2.45) is 5.92 Å². The van der Waals surface area contributed by atoms with Crippen molar-refractivity contribution in [1.82, 2.24) is 4.90 Å². The van der Waals surface area contributed by atoms with Crippen molar-refractivity contribution in [1.29, 1.82) is 0 Å². The molecule has 1 saturated heterocycles. The van der Waals surface area contributed by atoms with E-state index in [-0.39, 0.29) is 6.10 Å². The highest BCUT2D eigenvalue weighted by atomic mass is 16.3. The van der Waals surface area contributed by atoms with E-state index in [0.29, 0.717) is 12.0 Å². The van der Waals surface area contributed by atoms with Gasteiger partial charge in [0.2, 0.25) is 0 Å². The summed E-state index contributed by atoms with van der Waals surface area (Å²) in [6.45, 7) is 3.14. The highest BCUT2D eigenvalue weighted by Crippen LogP contribution is 2.40. The van der Waals surface area contributed by atoms with Crippen LogP contribution in [0.4, 0.5) is 0 Å². The summed E-state index contributed by atoms with van der Waals surface area (Å²) in [5.74, 6) is 0.410. The van der Waals surface area contributed by atoms with E-state index in [2.05, 4.69) is 43.1 Å². The van der Waals surface area contributed by atoms with Gasteiger partial charge in [0, 0.05) is 18.5 Å². The van der Waals surface area contributed by atoms with E-state index in [1.165, 1.54) is 5.56 Å². The summed E-state index contributed by atoms with van der Waals surface area (Å²) in [6.07, 6.45) is 1.83. The topological polar surface area (TPSA) is 23.5 Å². The number of hydrogen-bond donors (Lipinski definition) is 1. The monoisotopic (exact) mass is 219 g/mol. The lowest BCUT2D eigenvalue weighted by molar-refractivity contribution is -0.0500. The average Bonchev–Trinajstić information content (AvgIpc) is 2.27. The molecule has 0 saturated carbocycles. The zero-order valence-corrected chi connectivity index (χ0v) is 10.1. The number of aliphatic hydroxyl groups excluding tert-OH is 1. The molecular weight excluding hydrogens is 198 g/mol. The lowest BCUT2D eigenvalue weighted by atomic mass is 9.79. The van der Waals surface area contributed by atoms with Gasteiger partial charge in [-0.15, -0.1) is 0 Å². The van der Waals surface area contributed by atoms with E-state index in [0.717, 1.165) is 19.4 Å². The minimum Gasteiger partial charge on any atom is -0.393 e. The van der Waals surface area contributed by atoms with Crippen LogP contribution in [-0.2, 0) is 0 Å². The van der Waals surface area contributed by atoms with Gasteiger partial charge in [0.05, 0.1) is 6.10 Å². The molecule has 1 heterocycles. The standard InChI is InChI=1S/C14H21NO/c1-3-7-13(16)12-10-15(2)14(12)11-8-5-4-6-9-11/h4-6,8-9,12-14,16H,3,7,10H2,1-2H3/t12-,13-,14-/m0/s1. The Bertz CT molecular complexity index is 325. The summed E-state index contributed by atoms with van der Waals surface area (Å²) in [5.41, 5.74) is 1.33. The molecule has 1 N–H and O–H groups in total. The number of likely N-dealkylation sites (tertiary alicyclic amines) is 1. The third-order valence-corrected chi connectivity index (χ3v) is 3.60. The number of hydrogen-bond acceptors (Lipinski definition) is 2. The Balaban J connectivity index is 2.08. The summed E-state index contributed by atoms with van der Waals surface area (Å²) in [4.78, 5) is 2.32. The van der Waals surface area contributed by atoms with Gasteiger partial charge >= 0.3 is 0 Å². The summed E-state index contributed by atoms with van der Waals surface area (Å²) in [7, 11) is 2.13. The smallest absolute Gasteiger partial charge is 0.0598 e. The molecule has 0 aliphatic carbocycles. The molecule has 88 valence electrons. The maximum Gasteiger partial charge on any atom is 0.0598 e. The second kappa shape index (κ2) is 4.98. The Morgan fingerprint density at radius 2 is 2.06 bits per heavy atom. The van der Waals surface area contributed by atoms with Crippen LogP contribution in [0.2, 0.25) is 0 Å². The number of rotatable bonds is 4. The van der Waals surface area contributed by atoms with Gasteiger partial charge in [-0.3, -0.25) is 4.90 Å². The van der Waals surface area contributed by atoms with Crippen molar-refractivity contribution >= 4 is 0 Å². The Morgan fingerprint density at radius 3 is 2.62 bits per heavy atom. The van der Waals surface area contributed by atoms with Crippen LogP contribution >= 0.6 is 0 Å². The molecule has 1 aliphatic rings.